The third-order valence-corrected chi connectivity index (χ3v) is 4.19. The van der Waals surface area contributed by atoms with Crippen molar-refractivity contribution < 1.29 is 5.11 Å². The Hall–Kier alpha value is -1.36. The first kappa shape index (κ1) is 16.0. The highest BCUT2D eigenvalue weighted by molar-refractivity contribution is 5.59. The molecule has 2 heterocycles. The van der Waals surface area contributed by atoms with E-state index in [0.717, 1.165) is 55.4 Å². The predicted molar refractivity (Wildman–Crippen MR) is 87.0 cm³/mol. The normalized spacial score (nSPS) is 19.4. The number of aromatic nitrogens is 2. The first-order valence-electron chi connectivity index (χ1n) is 8.20. The van der Waals surface area contributed by atoms with Crippen molar-refractivity contribution in [3.63, 3.8) is 0 Å². The van der Waals surface area contributed by atoms with Crippen molar-refractivity contribution in [3.8, 4) is 0 Å². The first-order valence-corrected chi connectivity index (χ1v) is 8.20. The number of nitrogens with one attached hydrogen (secondary N) is 1. The summed E-state index contributed by atoms with van der Waals surface area (Å²) in [5.41, 5.74) is 1.09. The second kappa shape index (κ2) is 7.59. The lowest BCUT2D eigenvalue weighted by atomic mass is 10.1. The maximum atomic E-state index is 9.74. The predicted octanol–water partition coefficient (Wildman–Crippen LogP) is 2.52. The highest BCUT2D eigenvalue weighted by Gasteiger charge is 2.24. The Morgan fingerprint density at radius 1 is 1.24 bits per heavy atom. The molecule has 1 fully saturated rings. The molecule has 21 heavy (non-hydrogen) atoms. The average Bonchev–Trinajstić information content (AvgIpc) is 2.74. The molecule has 1 aromatic rings. The molecule has 1 atom stereocenters. The smallest absolute Gasteiger partial charge is 0.137 e. The van der Waals surface area contributed by atoms with Crippen LogP contribution < -0.4 is 10.2 Å². The Kier molecular flexibility index (Phi) is 5.79. The number of nitrogens with zero attached hydrogens (tertiary/aromatic N) is 3. The number of aliphatic hydroxyl groups is 1. The molecule has 2 rings (SSSR count). The molecule has 1 aliphatic rings. The summed E-state index contributed by atoms with van der Waals surface area (Å²) in [4.78, 5) is 11.7. The highest BCUT2D eigenvalue weighted by Crippen LogP contribution is 2.28. The summed E-state index contributed by atoms with van der Waals surface area (Å²) in [5, 5.41) is 13.1. The molecule has 0 spiro atoms. The Bertz CT molecular complexity index is 464. The second-order valence-corrected chi connectivity index (χ2v) is 5.70. The summed E-state index contributed by atoms with van der Waals surface area (Å²) in [6.07, 6.45) is 5.45. The van der Waals surface area contributed by atoms with Crippen LogP contribution in [0.1, 0.15) is 50.9 Å². The minimum atomic E-state index is 0.181. The van der Waals surface area contributed by atoms with Gasteiger partial charge in [0.15, 0.2) is 0 Å². The number of aryl methyl sites for hydroxylation is 1. The van der Waals surface area contributed by atoms with Gasteiger partial charge in [0.05, 0.1) is 12.6 Å². The van der Waals surface area contributed by atoms with Gasteiger partial charge in [-0.1, -0.05) is 19.8 Å². The van der Waals surface area contributed by atoms with Gasteiger partial charge in [-0.25, -0.2) is 9.97 Å². The van der Waals surface area contributed by atoms with Crippen LogP contribution in [0.5, 0.6) is 0 Å². The summed E-state index contributed by atoms with van der Waals surface area (Å²) in [6, 6.07) is 0.181. The number of aliphatic hydroxyl groups excluding tert-OH is 1. The third kappa shape index (κ3) is 3.64. The van der Waals surface area contributed by atoms with E-state index in [2.05, 4.69) is 36.0 Å². The summed E-state index contributed by atoms with van der Waals surface area (Å²) >= 11 is 0. The third-order valence-electron chi connectivity index (χ3n) is 4.19. The Morgan fingerprint density at radius 3 is 2.71 bits per heavy atom. The summed E-state index contributed by atoms with van der Waals surface area (Å²) in [7, 11) is 0. The van der Waals surface area contributed by atoms with E-state index in [1.54, 1.807) is 0 Å². The molecule has 0 amide bonds. The topological polar surface area (TPSA) is 61.3 Å². The fourth-order valence-electron chi connectivity index (χ4n) is 2.97. The standard InChI is InChI=1S/C16H28N4O/c1-4-14-18-15(17-5-2)12(3)16(19-14)20-10-8-6-7-9-13(20)11-21/h13,21H,4-11H2,1-3H3,(H,17,18,19). The van der Waals surface area contributed by atoms with Gasteiger partial charge in [-0.05, 0) is 26.7 Å². The summed E-state index contributed by atoms with van der Waals surface area (Å²) < 4.78 is 0. The number of hydrogen-bond donors (Lipinski definition) is 2. The quantitative estimate of drug-likeness (QED) is 0.873. The maximum absolute atomic E-state index is 9.74. The Balaban J connectivity index is 2.41. The van der Waals surface area contributed by atoms with Crippen molar-refractivity contribution >= 4 is 11.6 Å². The SMILES string of the molecule is CCNc1nc(CC)nc(N2CCCCCC2CO)c1C. The van der Waals surface area contributed by atoms with E-state index in [0.29, 0.717) is 0 Å². The van der Waals surface area contributed by atoms with Crippen LogP contribution in [0.15, 0.2) is 0 Å². The van der Waals surface area contributed by atoms with Crippen LogP contribution >= 0.6 is 0 Å². The fourth-order valence-corrected chi connectivity index (χ4v) is 2.97. The highest BCUT2D eigenvalue weighted by atomic mass is 16.3. The van der Waals surface area contributed by atoms with Gasteiger partial charge in [0.25, 0.3) is 0 Å². The van der Waals surface area contributed by atoms with Gasteiger partial charge >= 0.3 is 0 Å². The lowest BCUT2D eigenvalue weighted by Crippen LogP contribution is -2.39. The van der Waals surface area contributed by atoms with Crippen LogP contribution in [0, 0.1) is 6.92 Å². The Labute approximate surface area is 127 Å². The molecule has 0 saturated carbocycles. The molecule has 1 aliphatic heterocycles. The maximum Gasteiger partial charge on any atom is 0.137 e. The zero-order valence-corrected chi connectivity index (χ0v) is 13.5. The van der Waals surface area contributed by atoms with Crippen LogP contribution in [0.25, 0.3) is 0 Å². The van der Waals surface area contributed by atoms with Gasteiger partial charge in [-0.3, -0.25) is 0 Å². The van der Waals surface area contributed by atoms with Gasteiger partial charge in [-0.15, -0.1) is 0 Å². The van der Waals surface area contributed by atoms with Crippen molar-refractivity contribution in [1.29, 1.82) is 0 Å². The average molecular weight is 292 g/mol. The van der Waals surface area contributed by atoms with Crippen molar-refractivity contribution in [3.05, 3.63) is 11.4 Å². The molecule has 1 aromatic heterocycles. The summed E-state index contributed by atoms with van der Waals surface area (Å²) in [6.45, 7) is 8.25. The van der Waals surface area contributed by atoms with Crippen LogP contribution in [0.4, 0.5) is 11.6 Å². The Morgan fingerprint density at radius 2 is 2.05 bits per heavy atom. The molecule has 0 radical (unpaired) electrons. The minimum Gasteiger partial charge on any atom is -0.394 e. The zero-order valence-electron chi connectivity index (χ0n) is 13.5. The van der Waals surface area contributed by atoms with E-state index in [1.165, 1.54) is 12.8 Å². The number of rotatable bonds is 5. The van der Waals surface area contributed by atoms with Crippen molar-refractivity contribution in [2.24, 2.45) is 0 Å². The van der Waals surface area contributed by atoms with Crippen molar-refractivity contribution in [2.75, 3.05) is 29.9 Å². The van der Waals surface area contributed by atoms with E-state index in [9.17, 15) is 5.11 Å². The molecule has 1 unspecified atom stereocenters. The van der Waals surface area contributed by atoms with Gasteiger partial charge in [0.1, 0.15) is 17.5 Å². The van der Waals surface area contributed by atoms with E-state index < -0.39 is 0 Å². The largest absolute Gasteiger partial charge is 0.394 e. The lowest BCUT2D eigenvalue weighted by molar-refractivity contribution is 0.254. The van der Waals surface area contributed by atoms with Gasteiger partial charge in [0, 0.05) is 25.1 Å². The molecule has 118 valence electrons. The first-order chi connectivity index (χ1) is 10.2. The zero-order chi connectivity index (χ0) is 15.2. The van der Waals surface area contributed by atoms with Gasteiger partial charge in [0.2, 0.25) is 0 Å². The lowest BCUT2D eigenvalue weighted by Gasteiger charge is -2.31. The van der Waals surface area contributed by atoms with Gasteiger partial charge in [-0.2, -0.15) is 0 Å². The molecule has 0 aliphatic carbocycles. The molecule has 5 heteroatoms. The molecule has 0 aromatic carbocycles. The van der Waals surface area contributed by atoms with E-state index in [-0.39, 0.29) is 12.6 Å². The van der Waals surface area contributed by atoms with E-state index >= 15 is 0 Å². The molecule has 2 N–H and O–H groups in total. The van der Waals surface area contributed by atoms with E-state index in [4.69, 9.17) is 4.98 Å². The second-order valence-electron chi connectivity index (χ2n) is 5.70. The van der Waals surface area contributed by atoms with Crippen molar-refractivity contribution in [1.82, 2.24) is 9.97 Å². The van der Waals surface area contributed by atoms with E-state index in [1.807, 2.05) is 0 Å². The molecular formula is C16H28N4O. The van der Waals surface area contributed by atoms with Crippen LogP contribution in [-0.4, -0.2) is 40.8 Å². The van der Waals surface area contributed by atoms with Crippen LogP contribution in [-0.2, 0) is 6.42 Å². The fraction of sp³-hybridized carbons (Fsp3) is 0.750. The van der Waals surface area contributed by atoms with Gasteiger partial charge < -0.3 is 15.3 Å². The molecule has 1 saturated heterocycles. The minimum absolute atomic E-state index is 0.181. The number of hydrogen-bond acceptors (Lipinski definition) is 5. The summed E-state index contributed by atoms with van der Waals surface area (Å²) in [5.74, 6) is 2.80. The number of anilines is 2. The molecular weight excluding hydrogens is 264 g/mol. The van der Waals surface area contributed by atoms with Crippen LogP contribution in [0.2, 0.25) is 0 Å². The monoisotopic (exact) mass is 292 g/mol. The van der Waals surface area contributed by atoms with Crippen LogP contribution in [0.3, 0.4) is 0 Å². The molecule has 5 nitrogen and oxygen atoms in total. The molecule has 0 bridgehead atoms. The van der Waals surface area contributed by atoms with Crippen molar-refractivity contribution in [2.45, 2.75) is 58.9 Å².